The maximum atomic E-state index is 12.6. The van der Waals surface area contributed by atoms with Gasteiger partial charge in [0.2, 0.25) is 5.88 Å². The molecule has 2 bridgehead atoms. The van der Waals surface area contributed by atoms with Gasteiger partial charge in [-0.1, -0.05) is 75.4 Å². The van der Waals surface area contributed by atoms with Crippen molar-refractivity contribution in [3.05, 3.63) is 66.7 Å². The normalized spacial score (nSPS) is 23.0. The number of aromatic nitrogens is 1. The van der Waals surface area contributed by atoms with Gasteiger partial charge in [0.05, 0.1) is 12.2 Å². The van der Waals surface area contributed by atoms with Crippen LogP contribution in [0.15, 0.2) is 77.0 Å². The van der Waals surface area contributed by atoms with E-state index in [1.54, 1.807) is 0 Å². The molecule has 1 saturated carbocycles. The van der Waals surface area contributed by atoms with Crippen LogP contribution in [0.5, 0.6) is 11.6 Å². The van der Waals surface area contributed by atoms with Crippen LogP contribution in [0.1, 0.15) is 40.0 Å². The van der Waals surface area contributed by atoms with E-state index >= 15 is 0 Å². The number of likely N-dealkylation sites (tertiary alicyclic amines) is 1. The van der Waals surface area contributed by atoms with Gasteiger partial charge in [0, 0.05) is 23.4 Å². The summed E-state index contributed by atoms with van der Waals surface area (Å²) >= 11 is 0. The van der Waals surface area contributed by atoms with Crippen molar-refractivity contribution >= 4 is 33.3 Å². The monoisotopic (exact) mass is 510 g/mol. The van der Waals surface area contributed by atoms with Crippen LogP contribution in [0.3, 0.4) is 0 Å². The first-order valence-corrected chi connectivity index (χ1v) is 13.3. The highest BCUT2D eigenvalue weighted by Crippen LogP contribution is 2.53. The lowest BCUT2D eigenvalue weighted by molar-refractivity contribution is -0.120. The predicted octanol–water partition coefficient (Wildman–Crippen LogP) is 7.05. The molecule has 2 heterocycles. The Bertz CT molecular complexity index is 1550. The number of aromatic hydroxyl groups is 1. The van der Waals surface area contributed by atoms with Crippen LogP contribution < -0.4 is 4.74 Å². The topological polar surface area (TPSA) is 79.4 Å². The summed E-state index contributed by atoms with van der Waals surface area (Å²) < 4.78 is 7.67. The molecule has 1 saturated heterocycles. The smallest absolute Gasteiger partial charge is 0.302 e. The van der Waals surface area contributed by atoms with E-state index in [2.05, 4.69) is 35.9 Å². The van der Waals surface area contributed by atoms with Crippen molar-refractivity contribution in [2.45, 2.75) is 52.7 Å². The largest absolute Gasteiger partial charge is 0.493 e. The Kier molecular flexibility index (Phi) is 5.99. The summed E-state index contributed by atoms with van der Waals surface area (Å²) in [6, 6.07) is 21.8. The van der Waals surface area contributed by atoms with Gasteiger partial charge in [-0.3, -0.25) is 14.3 Å². The molecule has 0 unspecified atom stereocenters. The number of para-hydroxylation sites is 1. The van der Waals surface area contributed by atoms with Crippen molar-refractivity contribution in [1.82, 2.24) is 9.47 Å². The Morgan fingerprint density at radius 3 is 2.58 bits per heavy atom. The molecule has 1 aliphatic carbocycles. The van der Waals surface area contributed by atoms with E-state index in [1.807, 2.05) is 71.3 Å². The number of nitrogens with zero attached hydrogens (tertiary/aromatic N) is 4. The van der Waals surface area contributed by atoms with Gasteiger partial charge in [-0.05, 0) is 47.6 Å². The summed E-state index contributed by atoms with van der Waals surface area (Å²) in [5.74, 6) is 0.139. The van der Waals surface area contributed by atoms with E-state index in [1.165, 1.54) is 12.8 Å². The molecule has 3 aromatic carbocycles. The molecule has 2 aliphatic rings. The minimum absolute atomic E-state index is 0.0311. The third-order valence-electron chi connectivity index (χ3n) is 8.13. The molecule has 2 fully saturated rings. The van der Waals surface area contributed by atoms with Gasteiger partial charge in [0.15, 0.2) is 12.3 Å². The minimum atomic E-state index is -0.516. The standard InChI is InChI=1S/C31H34N4O3/c1-30(2)15-22-16-31(3,18-30)19-34(22)20-35-25-13-7-6-12-24(25)28(29(35)37)33-32-27(36)17-38-26-14-8-10-21-9-4-5-11-23(21)26/h4-14,22,37H,15-20H2,1-3H3/t22-,31-/m1/s1. The third kappa shape index (κ3) is 4.56. The number of benzene rings is 3. The summed E-state index contributed by atoms with van der Waals surface area (Å²) in [5, 5.41) is 22.1. The fourth-order valence-electron chi connectivity index (χ4n) is 7.03. The third-order valence-corrected chi connectivity index (χ3v) is 8.13. The highest BCUT2D eigenvalue weighted by molar-refractivity contribution is 5.95. The summed E-state index contributed by atoms with van der Waals surface area (Å²) in [6.45, 7) is 8.47. The lowest BCUT2D eigenvalue weighted by Gasteiger charge is -2.40. The summed E-state index contributed by atoms with van der Waals surface area (Å²) in [4.78, 5) is 15.1. The second-order valence-electron chi connectivity index (χ2n) is 12.1. The van der Waals surface area contributed by atoms with Crippen molar-refractivity contribution < 1.29 is 14.6 Å². The van der Waals surface area contributed by atoms with Crippen LogP contribution in [0.2, 0.25) is 0 Å². The fraction of sp³-hybridized carbons (Fsp3) is 0.387. The molecular formula is C31H34N4O3. The predicted molar refractivity (Wildman–Crippen MR) is 149 cm³/mol. The van der Waals surface area contributed by atoms with Crippen LogP contribution in [0.25, 0.3) is 21.7 Å². The molecule has 1 N–H and O–H groups in total. The van der Waals surface area contributed by atoms with Gasteiger partial charge in [-0.2, -0.15) is 0 Å². The van der Waals surface area contributed by atoms with Crippen LogP contribution in [-0.2, 0) is 11.5 Å². The second-order valence-corrected chi connectivity index (χ2v) is 12.1. The molecule has 1 aromatic heterocycles. The molecule has 7 nitrogen and oxygen atoms in total. The molecular weight excluding hydrogens is 476 g/mol. The van der Waals surface area contributed by atoms with Crippen molar-refractivity contribution in [3.8, 4) is 11.6 Å². The SMILES string of the molecule is CC1(C)C[C@@H]2C[C@@](C)(CN2Cn2c(O)c(N=NC(=O)COc3cccc4ccccc34)c3ccccc32)C1. The number of hydrogen-bond donors (Lipinski definition) is 1. The molecule has 0 radical (unpaired) electrons. The highest BCUT2D eigenvalue weighted by Gasteiger charge is 2.49. The number of carbonyl (C=O) groups excluding carboxylic acids is 1. The zero-order valence-corrected chi connectivity index (χ0v) is 22.2. The average molecular weight is 511 g/mol. The lowest BCUT2D eigenvalue weighted by atomic mass is 9.65. The van der Waals surface area contributed by atoms with Crippen molar-refractivity contribution in [2.24, 2.45) is 21.1 Å². The van der Waals surface area contributed by atoms with E-state index in [4.69, 9.17) is 4.74 Å². The number of amides is 1. The van der Waals surface area contributed by atoms with Crippen molar-refractivity contribution in [3.63, 3.8) is 0 Å². The van der Waals surface area contributed by atoms with Crippen molar-refractivity contribution in [1.29, 1.82) is 0 Å². The molecule has 2 atom stereocenters. The average Bonchev–Trinajstić information content (AvgIpc) is 3.29. The number of hydrogen-bond acceptors (Lipinski definition) is 5. The van der Waals surface area contributed by atoms with Crippen LogP contribution in [0.4, 0.5) is 5.69 Å². The van der Waals surface area contributed by atoms with Gasteiger partial charge in [0.1, 0.15) is 5.75 Å². The van der Waals surface area contributed by atoms with Crippen LogP contribution in [-0.4, -0.2) is 39.7 Å². The molecule has 196 valence electrons. The molecule has 4 aromatic rings. The van der Waals surface area contributed by atoms with Crippen molar-refractivity contribution in [2.75, 3.05) is 13.2 Å². The zero-order valence-electron chi connectivity index (χ0n) is 22.2. The molecule has 1 amide bonds. The maximum absolute atomic E-state index is 12.6. The second kappa shape index (κ2) is 9.24. The number of carbonyl (C=O) groups is 1. The van der Waals surface area contributed by atoms with E-state index in [0.717, 1.165) is 34.6 Å². The number of fused-ring (bicyclic) bond motifs is 4. The van der Waals surface area contributed by atoms with Crippen LogP contribution in [0, 0.1) is 10.8 Å². The fourth-order valence-corrected chi connectivity index (χ4v) is 7.03. The van der Waals surface area contributed by atoms with E-state index in [0.29, 0.717) is 35.0 Å². The van der Waals surface area contributed by atoms with Gasteiger partial charge in [-0.15, -0.1) is 10.2 Å². The van der Waals surface area contributed by atoms with Gasteiger partial charge in [0.25, 0.3) is 0 Å². The molecule has 0 spiro atoms. The summed E-state index contributed by atoms with van der Waals surface area (Å²) in [5.41, 5.74) is 1.81. The Balaban J connectivity index is 1.22. The summed E-state index contributed by atoms with van der Waals surface area (Å²) in [7, 11) is 0. The van der Waals surface area contributed by atoms with Gasteiger partial charge in [-0.25, -0.2) is 0 Å². The molecule has 38 heavy (non-hydrogen) atoms. The molecule has 6 rings (SSSR count). The molecule has 7 heteroatoms. The quantitative estimate of drug-likeness (QED) is 0.282. The minimum Gasteiger partial charge on any atom is -0.493 e. The first-order valence-electron chi connectivity index (χ1n) is 13.3. The Labute approximate surface area is 222 Å². The summed E-state index contributed by atoms with van der Waals surface area (Å²) in [6.07, 6.45) is 3.56. The number of azo groups is 1. The highest BCUT2D eigenvalue weighted by atomic mass is 16.5. The Hall–Kier alpha value is -3.71. The first kappa shape index (κ1) is 24.6. The van der Waals surface area contributed by atoms with E-state index in [9.17, 15) is 9.90 Å². The maximum Gasteiger partial charge on any atom is 0.302 e. The van der Waals surface area contributed by atoms with Crippen LogP contribution >= 0.6 is 0 Å². The van der Waals surface area contributed by atoms with Gasteiger partial charge < -0.3 is 9.84 Å². The number of ether oxygens (including phenoxy) is 1. The first-order chi connectivity index (χ1) is 18.2. The zero-order chi connectivity index (χ0) is 26.5. The Morgan fingerprint density at radius 2 is 1.74 bits per heavy atom. The molecule has 1 aliphatic heterocycles. The lowest BCUT2D eigenvalue weighted by Crippen LogP contribution is -2.35. The Morgan fingerprint density at radius 1 is 1.00 bits per heavy atom. The number of rotatable bonds is 6. The van der Waals surface area contributed by atoms with Gasteiger partial charge >= 0.3 is 5.91 Å². The van der Waals surface area contributed by atoms with E-state index < -0.39 is 5.91 Å². The van der Waals surface area contributed by atoms with E-state index in [-0.39, 0.29) is 12.5 Å².